The van der Waals surface area contributed by atoms with Crippen molar-refractivity contribution in [2.24, 2.45) is 0 Å². The van der Waals surface area contributed by atoms with Gasteiger partial charge in [-0.2, -0.15) is 0 Å². The molecule has 4 aromatic carbocycles. The topological polar surface area (TPSA) is 17.8 Å². The van der Waals surface area contributed by atoms with Crippen LogP contribution < -0.4 is 0 Å². The highest BCUT2D eigenvalue weighted by Gasteiger charge is 2.19. The van der Waals surface area contributed by atoms with E-state index in [2.05, 4.69) is 4.98 Å². The van der Waals surface area contributed by atoms with E-state index in [1.165, 1.54) is 18.2 Å². The molecule has 0 fully saturated rings. The van der Waals surface area contributed by atoms with E-state index < -0.39 is 23.3 Å². The summed E-state index contributed by atoms with van der Waals surface area (Å²) in [6, 6.07) is 20.7. The summed E-state index contributed by atoms with van der Waals surface area (Å²) < 4.78 is 57.7. The van der Waals surface area contributed by atoms with Gasteiger partial charge in [0.2, 0.25) is 0 Å². The average Bonchev–Trinajstić information content (AvgIpc) is 3.22. The number of fused-ring (bicyclic) bond motifs is 1. The van der Waals surface area contributed by atoms with Crippen molar-refractivity contribution in [2.75, 3.05) is 0 Å². The van der Waals surface area contributed by atoms with E-state index >= 15 is 0 Å². The van der Waals surface area contributed by atoms with E-state index in [0.717, 1.165) is 11.8 Å². The van der Waals surface area contributed by atoms with Crippen molar-refractivity contribution in [3.8, 4) is 27.9 Å². The lowest BCUT2D eigenvalue weighted by molar-refractivity contribution is 0.449. The average molecular weight is 418 g/mol. The van der Waals surface area contributed by atoms with Crippen molar-refractivity contribution < 1.29 is 17.6 Å². The number of rotatable bonds is 3. The summed E-state index contributed by atoms with van der Waals surface area (Å²) in [5, 5.41) is 0. The third kappa shape index (κ3) is 3.26. The van der Waals surface area contributed by atoms with Gasteiger partial charge in [-0.05, 0) is 59.7 Å². The number of hydrogen-bond acceptors (Lipinski definition) is 1. The van der Waals surface area contributed by atoms with Gasteiger partial charge in [0, 0.05) is 16.8 Å². The summed E-state index contributed by atoms with van der Waals surface area (Å²) in [6.07, 6.45) is 1.62. The second kappa shape index (κ2) is 7.40. The normalized spacial score (nSPS) is 11.2. The van der Waals surface area contributed by atoms with Crippen LogP contribution in [-0.4, -0.2) is 9.55 Å². The molecule has 0 unspecified atom stereocenters. The molecule has 0 amide bonds. The van der Waals surface area contributed by atoms with Crippen molar-refractivity contribution in [3.63, 3.8) is 0 Å². The maximum atomic E-state index is 14.5. The summed E-state index contributed by atoms with van der Waals surface area (Å²) in [4.78, 5) is 4.44. The van der Waals surface area contributed by atoms with Gasteiger partial charge in [-0.3, -0.25) is 4.57 Å². The molecular formula is C25H14F4N2. The van der Waals surface area contributed by atoms with E-state index in [4.69, 9.17) is 0 Å². The standard InChI is InChI=1S/C25H14F4N2/c26-17-6-4-5-15(11-17)20-12-16(19-9-10-21(27)24(29)23(19)28)13-22-25(20)31(14-30-22)18-7-2-1-3-8-18/h1-14H. The lowest BCUT2D eigenvalue weighted by atomic mass is 9.96. The highest BCUT2D eigenvalue weighted by atomic mass is 19.2. The summed E-state index contributed by atoms with van der Waals surface area (Å²) in [5.74, 6) is -4.52. The van der Waals surface area contributed by atoms with E-state index in [1.807, 2.05) is 34.9 Å². The van der Waals surface area contributed by atoms with Crippen LogP contribution >= 0.6 is 0 Å². The molecule has 1 aromatic heterocycles. The van der Waals surface area contributed by atoms with Gasteiger partial charge in [0.1, 0.15) is 12.1 Å². The highest BCUT2D eigenvalue weighted by molar-refractivity contribution is 5.97. The molecule has 0 spiro atoms. The molecule has 0 saturated heterocycles. The summed E-state index contributed by atoms with van der Waals surface area (Å²) in [5.41, 5.74) is 3.36. The number of aromatic nitrogens is 2. The third-order valence-corrected chi connectivity index (χ3v) is 5.16. The minimum atomic E-state index is -1.54. The van der Waals surface area contributed by atoms with E-state index in [9.17, 15) is 17.6 Å². The third-order valence-electron chi connectivity index (χ3n) is 5.16. The van der Waals surface area contributed by atoms with Crippen LogP contribution in [-0.2, 0) is 0 Å². The van der Waals surface area contributed by atoms with Gasteiger partial charge >= 0.3 is 0 Å². The molecule has 1 heterocycles. The Labute approximate surface area is 175 Å². The summed E-state index contributed by atoms with van der Waals surface area (Å²) in [7, 11) is 0. The molecular weight excluding hydrogens is 404 g/mol. The molecule has 0 bridgehead atoms. The molecule has 0 atom stereocenters. The fourth-order valence-electron chi connectivity index (χ4n) is 3.71. The zero-order valence-corrected chi connectivity index (χ0v) is 16.0. The molecule has 0 aliphatic carbocycles. The lowest BCUT2D eigenvalue weighted by Crippen LogP contribution is -1.97. The van der Waals surface area contributed by atoms with Crippen molar-refractivity contribution in [1.29, 1.82) is 0 Å². The van der Waals surface area contributed by atoms with Gasteiger partial charge in [0.05, 0.1) is 11.0 Å². The molecule has 0 aliphatic heterocycles. The minimum Gasteiger partial charge on any atom is -0.298 e. The Bertz CT molecular complexity index is 1420. The Morgan fingerprint density at radius 2 is 1.45 bits per heavy atom. The van der Waals surface area contributed by atoms with Crippen LogP contribution in [0.2, 0.25) is 0 Å². The van der Waals surface area contributed by atoms with Crippen LogP contribution in [0, 0.1) is 23.3 Å². The Morgan fingerprint density at radius 3 is 2.23 bits per heavy atom. The molecule has 31 heavy (non-hydrogen) atoms. The van der Waals surface area contributed by atoms with E-state index in [0.29, 0.717) is 27.7 Å². The molecule has 5 aromatic rings. The number of imidazole rings is 1. The fourth-order valence-corrected chi connectivity index (χ4v) is 3.71. The second-order valence-electron chi connectivity index (χ2n) is 7.07. The van der Waals surface area contributed by atoms with Crippen LogP contribution in [0.3, 0.4) is 0 Å². The number of hydrogen-bond donors (Lipinski definition) is 0. The first-order valence-corrected chi connectivity index (χ1v) is 9.49. The Hall–Kier alpha value is -3.93. The smallest absolute Gasteiger partial charge is 0.195 e. The van der Waals surface area contributed by atoms with Crippen molar-refractivity contribution in [1.82, 2.24) is 9.55 Å². The quantitative estimate of drug-likeness (QED) is 0.230. The van der Waals surface area contributed by atoms with Gasteiger partial charge < -0.3 is 0 Å². The SMILES string of the molecule is Fc1cccc(-c2cc(-c3ccc(F)c(F)c3F)cc3ncn(-c4ccccc4)c23)c1. The first-order valence-electron chi connectivity index (χ1n) is 9.49. The molecule has 0 N–H and O–H groups in total. The molecule has 0 aliphatic rings. The van der Waals surface area contributed by atoms with Crippen molar-refractivity contribution in [3.05, 3.63) is 108 Å². The predicted octanol–water partition coefficient (Wildman–Crippen LogP) is 6.92. The zero-order chi connectivity index (χ0) is 21.5. The Balaban J connectivity index is 1.83. The number of halogens is 4. The summed E-state index contributed by atoms with van der Waals surface area (Å²) in [6.45, 7) is 0. The first-order chi connectivity index (χ1) is 15.0. The van der Waals surface area contributed by atoms with Gasteiger partial charge in [0.25, 0.3) is 0 Å². The van der Waals surface area contributed by atoms with E-state index in [-0.39, 0.29) is 5.56 Å². The molecule has 5 rings (SSSR count). The van der Waals surface area contributed by atoms with Crippen LogP contribution in [0.5, 0.6) is 0 Å². The van der Waals surface area contributed by atoms with E-state index in [1.54, 1.807) is 30.6 Å². The van der Waals surface area contributed by atoms with Crippen LogP contribution in [0.15, 0.2) is 85.2 Å². The zero-order valence-electron chi connectivity index (χ0n) is 16.0. The molecule has 2 nitrogen and oxygen atoms in total. The van der Waals surface area contributed by atoms with Gasteiger partial charge in [-0.25, -0.2) is 22.5 Å². The molecule has 6 heteroatoms. The highest BCUT2D eigenvalue weighted by Crippen LogP contribution is 2.36. The molecule has 152 valence electrons. The number of para-hydroxylation sites is 1. The van der Waals surface area contributed by atoms with Gasteiger partial charge in [0.15, 0.2) is 17.5 Å². The van der Waals surface area contributed by atoms with Crippen molar-refractivity contribution >= 4 is 11.0 Å². The lowest BCUT2D eigenvalue weighted by Gasteiger charge is -2.13. The number of nitrogens with zero attached hydrogens (tertiary/aromatic N) is 2. The monoisotopic (exact) mass is 418 g/mol. The molecule has 0 radical (unpaired) electrons. The second-order valence-corrected chi connectivity index (χ2v) is 7.07. The predicted molar refractivity (Wildman–Crippen MR) is 112 cm³/mol. The fraction of sp³-hybridized carbons (Fsp3) is 0. The Morgan fingerprint density at radius 1 is 0.645 bits per heavy atom. The largest absolute Gasteiger partial charge is 0.298 e. The van der Waals surface area contributed by atoms with Crippen LogP contribution in [0.1, 0.15) is 0 Å². The van der Waals surface area contributed by atoms with Gasteiger partial charge in [-0.1, -0.05) is 30.3 Å². The van der Waals surface area contributed by atoms with Gasteiger partial charge in [-0.15, -0.1) is 0 Å². The Kier molecular flexibility index (Phi) is 4.55. The maximum Gasteiger partial charge on any atom is 0.195 e. The van der Waals surface area contributed by atoms with Crippen LogP contribution in [0.25, 0.3) is 39.0 Å². The first kappa shape index (κ1) is 19.1. The minimum absolute atomic E-state index is 0.104. The molecule has 0 saturated carbocycles. The van der Waals surface area contributed by atoms with Crippen LogP contribution in [0.4, 0.5) is 17.6 Å². The maximum absolute atomic E-state index is 14.5. The number of benzene rings is 4. The van der Waals surface area contributed by atoms with Crippen molar-refractivity contribution in [2.45, 2.75) is 0 Å². The summed E-state index contributed by atoms with van der Waals surface area (Å²) >= 11 is 0.